The Hall–Kier alpha value is -0.570. The molecular formula is C17H30N2O. The van der Waals surface area contributed by atoms with Gasteiger partial charge in [0, 0.05) is 19.5 Å². The van der Waals surface area contributed by atoms with Crippen LogP contribution >= 0.6 is 0 Å². The van der Waals surface area contributed by atoms with E-state index in [0.717, 1.165) is 37.3 Å². The molecule has 1 unspecified atom stereocenters. The van der Waals surface area contributed by atoms with E-state index in [4.69, 9.17) is 0 Å². The van der Waals surface area contributed by atoms with Gasteiger partial charge in [0.15, 0.2) is 0 Å². The molecule has 3 rings (SSSR count). The maximum Gasteiger partial charge on any atom is 0.222 e. The number of nitrogens with zero attached hydrogens (tertiary/aromatic N) is 1. The minimum absolute atomic E-state index is 0.403. The number of rotatable bonds is 6. The van der Waals surface area contributed by atoms with Crippen LogP contribution in [-0.2, 0) is 4.79 Å². The highest BCUT2D eigenvalue weighted by molar-refractivity contribution is 5.76. The van der Waals surface area contributed by atoms with Gasteiger partial charge in [-0.2, -0.15) is 0 Å². The normalized spacial score (nSPS) is 25.8. The van der Waals surface area contributed by atoms with Gasteiger partial charge in [-0.15, -0.1) is 0 Å². The fraction of sp³-hybridized carbons (Fsp3) is 0.941. The number of carbonyl (C=O) groups excluding carboxylic acids is 1. The first kappa shape index (κ1) is 14.4. The van der Waals surface area contributed by atoms with Crippen LogP contribution in [0.5, 0.6) is 0 Å². The Morgan fingerprint density at radius 3 is 2.10 bits per heavy atom. The molecule has 1 heterocycles. The predicted molar refractivity (Wildman–Crippen MR) is 81.4 cm³/mol. The highest BCUT2D eigenvalue weighted by atomic mass is 16.2. The van der Waals surface area contributed by atoms with Gasteiger partial charge in [-0.05, 0) is 75.3 Å². The predicted octanol–water partition coefficient (Wildman–Crippen LogP) is 2.66. The van der Waals surface area contributed by atoms with Gasteiger partial charge in [0.05, 0.1) is 0 Å². The minimum Gasteiger partial charge on any atom is -0.342 e. The van der Waals surface area contributed by atoms with Crippen LogP contribution in [0.15, 0.2) is 0 Å². The largest absolute Gasteiger partial charge is 0.342 e. The van der Waals surface area contributed by atoms with Crippen molar-refractivity contribution in [2.45, 2.75) is 57.9 Å². The van der Waals surface area contributed by atoms with Crippen molar-refractivity contribution >= 4 is 5.91 Å². The Morgan fingerprint density at radius 1 is 1.05 bits per heavy atom. The zero-order chi connectivity index (χ0) is 14.1. The Morgan fingerprint density at radius 2 is 1.60 bits per heavy atom. The fourth-order valence-electron chi connectivity index (χ4n) is 4.06. The molecule has 0 aromatic carbocycles. The van der Waals surface area contributed by atoms with Crippen molar-refractivity contribution < 1.29 is 4.79 Å². The van der Waals surface area contributed by atoms with Crippen LogP contribution in [0.2, 0.25) is 0 Å². The molecule has 0 spiro atoms. The van der Waals surface area contributed by atoms with Gasteiger partial charge in [-0.25, -0.2) is 0 Å². The molecule has 3 fully saturated rings. The lowest BCUT2D eigenvalue weighted by atomic mass is 9.84. The van der Waals surface area contributed by atoms with E-state index < -0.39 is 0 Å². The number of amides is 1. The highest BCUT2D eigenvalue weighted by Gasteiger charge is 2.45. The second-order valence-electron chi connectivity index (χ2n) is 7.44. The molecule has 1 amide bonds. The second kappa shape index (κ2) is 6.05. The Labute approximate surface area is 123 Å². The average molecular weight is 278 g/mol. The number of hydrogen-bond acceptors (Lipinski definition) is 2. The van der Waals surface area contributed by atoms with Crippen LogP contribution in [0.1, 0.15) is 51.9 Å². The first-order valence-electron chi connectivity index (χ1n) is 8.63. The summed E-state index contributed by atoms with van der Waals surface area (Å²) in [5.74, 6) is 3.34. The summed E-state index contributed by atoms with van der Waals surface area (Å²) in [6.07, 6.45) is 8.65. The van der Waals surface area contributed by atoms with Crippen molar-refractivity contribution in [2.24, 2.45) is 23.7 Å². The van der Waals surface area contributed by atoms with Crippen LogP contribution in [0.25, 0.3) is 0 Å². The van der Waals surface area contributed by atoms with E-state index in [1.165, 1.54) is 38.5 Å². The van der Waals surface area contributed by atoms with Crippen molar-refractivity contribution in [1.29, 1.82) is 0 Å². The maximum absolute atomic E-state index is 12.6. The molecule has 114 valence electrons. The Balaban J connectivity index is 1.51. The van der Waals surface area contributed by atoms with Crippen molar-refractivity contribution in [3.8, 4) is 0 Å². The fourth-order valence-corrected chi connectivity index (χ4v) is 4.06. The molecule has 3 aliphatic rings. The first-order valence-corrected chi connectivity index (χ1v) is 8.63. The number of carbonyl (C=O) groups is 1. The summed E-state index contributed by atoms with van der Waals surface area (Å²) >= 11 is 0. The lowest BCUT2D eigenvalue weighted by molar-refractivity contribution is -0.134. The number of nitrogens with one attached hydrogen (secondary N) is 1. The van der Waals surface area contributed by atoms with Crippen molar-refractivity contribution in [3.63, 3.8) is 0 Å². The van der Waals surface area contributed by atoms with E-state index in [-0.39, 0.29) is 0 Å². The van der Waals surface area contributed by atoms with Crippen LogP contribution in [0.3, 0.4) is 0 Å². The molecule has 1 atom stereocenters. The van der Waals surface area contributed by atoms with E-state index in [9.17, 15) is 4.79 Å². The van der Waals surface area contributed by atoms with E-state index in [2.05, 4.69) is 24.2 Å². The molecule has 3 nitrogen and oxygen atoms in total. The summed E-state index contributed by atoms with van der Waals surface area (Å²) in [5.41, 5.74) is 0. The summed E-state index contributed by atoms with van der Waals surface area (Å²) in [5, 5.41) is 3.41. The molecule has 1 saturated heterocycles. The topological polar surface area (TPSA) is 32.3 Å². The van der Waals surface area contributed by atoms with Crippen molar-refractivity contribution in [1.82, 2.24) is 10.2 Å². The lowest BCUT2D eigenvalue weighted by Gasteiger charge is -2.32. The molecule has 20 heavy (non-hydrogen) atoms. The molecule has 2 saturated carbocycles. The molecule has 2 aliphatic carbocycles. The number of piperidine rings is 1. The number of hydrogen-bond donors (Lipinski definition) is 1. The van der Waals surface area contributed by atoms with Gasteiger partial charge in [0.25, 0.3) is 0 Å². The quantitative estimate of drug-likeness (QED) is 0.810. The van der Waals surface area contributed by atoms with Gasteiger partial charge < -0.3 is 10.2 Å². The molecule has 1 N–H and O–H groups in total. The maximum atomic E-state index is 12.6. The monoisotopic (exact) mass is 278 g/mol. The third-order valence-corrected chi connectivity index (χ3v) is 5.74. The minimum atomic E-state index is 0.403. The summed E-state index contributed by atoms with van der Waals surface area (Å²) in [6.45, 7) is 4.54. The van der Waals surface area contributed by atoms with Gasteiger partial charge in [-0.1, -0.05) is 6.92 Å². The first-order chi connectivity index (χ1) is 9.66. The molecule has 0 aromatic heterocycles. The lowest BCUT2D eigenvalue weighted by Crippen LogP contribution is -2.41. The zero-order valence-corrected chi connectivity index (χ0v) is 13.1. The van der Waals surface area contributed by atoms with E-state index in [1.54, 1.807) is 0 Å². The summed E-state index contributed by atoms with van der Waals surface area (Å²) in [6, 6.07) is 0.572. The third kappa shape index (κ3) is 3.36. The van der Waals surface area contributed by atoms with Crippen LogP contribution < -0.4 is 5.32 Å². The van der Waals surface area contributed by atoms with E-state index in [0.29, 0.717) is 17.9 Å². The second-order valence-corrected chi connectivity index (χ2v) is 7.44. The molecule has 1 aliphatic heterocycles. The van der Waals surface area contributed by atoms with E-state index in [1.807, 2.05) is 0 Å². The Bertz CT molecular complexity index is 331. The third-order valence-electron chi connectivity index (χ3n) is 5.74. The highest BCUT2D eigenvalue weighted by Crippen LogP contribution is 2.47. The van der Waals surface area contributed by atoms with Gasteiger partial charge in [-0.3, -0.25) is 4.79 Å². The molecule has 0 radical (unpaired) electrons. The summed E-state index contributed by atoms with van der Waals surface area (Å²) in [7, 11) is 2.07. The van der Waals surface area contributed by atoms with Crippen LogP contribution in [0.4, 0.5) is 0 Å². The molecule has 3 heteroatoms. The van der Waals surface area contributed by atoms with Gasteiger partial charge >= 0.3 is 0 Å². The van der Waals surface area contributed by atoms with Crippen molar-refractivity contribution in [2.75, 3.05) is 20.1 Å². The standard InChI is InChI=1S/C17H30N2O/c1-12(13-7-9-18-10-8-13)11-16(20)19(2)17(14-3-4-14)15-5-6-15/h12-15,17-18H,3-11H2,1-2H3. The van der Waals surface area contributed by atoms with Crippen LogP contribution in [0, 0.1) is 23.7 Å². The SMILES string of the molecule is CC(CC(=O)N(C)C(C1CC1)C1CC1)C1CCNCC1. The Kier molecular flexibility index (Phi) is 4.34. The average Bonchev–Trinajstić information content (AvgIpc) is 3.34. The zero-order valence-electron chi connectivity index (χ0n) is 13.1. The molecule has 0 bridgehead atoms. The molecular weight excluding hydrogens is 248 g/mol. The van der Waals surface area contributed by atoms with Crippen molar-refractivity contribution in [3.05, 3.63) is 0 Å². The van der Waals surface area contributed by atoms with Gasteiger partial charge in [0.2, 0.25) is 5.91 Å². The smallest absolute Gasteiger partial charge is 0.222 e. The summed E-state index contributed by atoms with van der Waals surface area (Å²) in [4.78, 5) is 14.7. The van der Waals surface area contributed by atoms with E-state index >= 15 is 0 Å². The van der Waals surface area contributed by atoms with Gasteiger partial charge in [0.1, 0.15) is 0 Å². The molecule has 0 aromatic rings. The summed E-state index contributed by atoms with van der Waals surface area (Å²) < 4.78 is 0. The van der Waals surface area contributed by atoms with Crippen LogP contribution in [-0.4, -0.2) is 37.0 Å².